The SMILES string of the molecule is COc1ccccc1[C@@H](CNC(=S)Nc1ccc(C(C)=O)cc1)N(C)C. The zero-order valence-corrected chi connectivity index (χ0v) is 16.4. The minimum absolute atomic E-state index is 0.0443. The van der Waals surface area contributed by atoms with Crippen molar-refractivity contribution >= 4 is 28.8 Å². The van der Waals surface area contributed by atoms with Crippen molar-refractivity contribution in [1.29, 1.82) is 0 Å². The summed E-state index contributed by atoms with van der Waals surface area (Å²) in [5.41, 5.74) is 2.62. The Bertz CT molecular complexity index is 760. The highest BCUT2D eigenvalue weighted by Crippen LogP contribution is 2.27. The number of nitrogens with one attached hydrogen (secondary N) is 2. The monoisotopic (exact) mass is 371 g/mol. The number of para-hydroxylation sites is 1. The molecule has 0 amide bonds. The van der Waals surface area contributed by atoms with E-state index in [0.29, 0.717) is 17.2 Å². The number of carbonyl (C=O) groups excluding carboxylic acids is 1. The number of carbonyl (C=O) groups is 1. The first-order chi connectivity index (χ1) is 12.4. The average molecular weight is 372 g/mol. The molecule has 2 rings (SSSR count). The molecule has 26 heavy (non-hydrogen) atoms. The van der Waals surface area contributed by atoms with Gasteiger partial charge in [-0.05, 0) is 63.6 Å². The van der Waals surface area contributed by atoms with Crippen LogP contribution in [0.3, 0.4) is 0 Å². The Labute approximate surface area is 160 Å². The minimum Gasteiger partial charge on any atom is -0.496 e. The molecule has 0 bridgehead atoms. The van der Waals surface area contributed by atoms with Crippen molar-refractivity contribution in [3.05, 3.63) is 59.7 Å². The molecule has 0 saturated heterocycles. The van der Waals surface area contributed by atoms with E-state index in [1.165, 1.54) is 0 Å². The zero-order chi connectivity index (χ0) is 19.1. The van der Waals surface area contributed by atoms with Crippen LogP contribution in [0.25, 0.3) is 0 Å². The molecular weight excluding hydrogens is 346 g/mol. The second-order valence-corrected chi connectivity index (χ2v) is 6.60. The summed E-state index contributed by atoms with van der Waals surface area (Å²) in [7, 11) is 5.72. The van der Waals surface area contributed by atoms with Crippen molar-refractivity contribution in [2.75, 3.05) is 33.1 Å². The molecular formula is C20H25N3O2S. The average Bonchev–Trinajstić information content (AvgIpc) is 2.62. The lowest BCUT2D eigenvalue weighted by Crippen LogP contribution is -2.36. The zero-order valence-electron chi connectivity index (χ0n) is 15.6. The lowest BCUT2D eigenvalue weighted by molar-refractivity contribution is 0.101. The van der Waals surface area contributed by atoms with Crippen molar-refractivity contribution in [2.45, 2.75) is 13.0 Å². The van der Waals surface area contributed by atoms with Crippen LogP contribution in [0.4, 0.5) is 5.69 Å². The molecule has 6 heteroatoms. The maximum Gasteiger partial charge on any atom is 0.170 e. The molecule has 1 atom stereocenters. The summed E-state index contributed by atoms with van der Waals surface area (Å²) in [6.45, 7) is 2.18. The molecule has 5 nitrogen and oxygen atoms in total. The first-order valence-corrected chi connectivity index (χ1v) is 8.78. The van der Waals surface area contributed by atoms with Crippen LogP contribution in [0.1, 0.15) is 28.9 Å². The number of hydrogen-bond donors (Lipinski definition) is 2. The Balaban J connectivity index is 2.00. The number of nitrogens with zero attached hydrogens (tertiary/aromatic N) is 1. The Hall–Kier alpha value is -2.44. The first kappa shape index (κ1) is 19.9. The Kier molecular flexibility index (Phi) is 7.12. The summed E-state index contributed by atoms with van der Waals surface area (Å²) >= 11 is 5.40. The highest BCUT2D eigenvalue weighted by molar-refractivity contribution is 7.80. The Morgan fingerprint density at radius 2 is 1.81 bits per heavy atom. The van der Waals surface area contributed by atoms with E-state index in [4.69, 9.17) is 17.0 Å². The third-order valence-corrected chi connectivity index (χ3v) is 4.37. The van der Waals surface area contributed by atoms with Crippen LogP contribution in [0.2, 0.25) is 0 Å². The number of likely N-dealkylation sites (N-methyl/N-ethyl adjacent to an activating group) is 1. The topological polar surface area (TPSA) is 53.6 Å². The predicted molar refractivity (Wildman–Crippen MR) is 110 cm³/mol. The molecule has 0 fully saturated rings. The lowest BCUT2D eigenvalue weighted by atomic mass is 10.0. The molecule has 0 heterocycles. The minimum atomic E-state index is 0.0443. The van der Waals surface area contributed by atoms with Crippen LogP contribution in [0, 0.1) is 0 Å². The summed E-state index contributed by atoms with van der Waals surface area (Å²) in [5.74, 6) is 0.898. The van der Waals surface area contributed by atoms with Gasteiger partial charge in [0.15, 0.2) is 10.9 Å². The van der Waals surface area contributed by atoms with Crippen LogP contribution in [-0.2, 0) is 0 Å². The van der Waals surface area contributed by atoms with Gasteiger partial charge in [-0.15, -0.1) is 0 Å². The van der Waals surface area contributed by atoms with Crippen molar-refractivity contribution in [3.63, 3.8) is 0 Å². The van der Waals surface area contributed by atoms with Gasteiger partial charge in [-0.3, -0.25) is 4.79 Å². The number of ether oxygens (including phenoxy) is 1. The summed E-state index contributed by atoms with van der Waals surface area (Å²) in [6, 6.07) is 15.3. The number of ketones is 1. The van der Waals surface area contributed by atoms with Crippen LogP contribution >= 0.6 is 12.2 Å². The second kappa shape index (κ2) is 9.31. The van der Waals surface area contributed by atoms with Crippen LogP contribution in [-0.4, -0.2) is 43.5 Å². The van der Waals surface area contributed by atoms with Gasteiger partial charge in [-0.1, -0.05) is 18.2 Å². The molecule has 0 radical (unpaired) electrons. The summed E-state index contributed by atoms with van der Waals surface area (Å²) in [5, 5.41) is 6.93. The van der Waals surface area contributed by atoms with E-state index in [1.54, 1.807) is 26.2 Å². The number of hydrogen-bond acceptors (Lipinski definition) is 4. The highest BCUT2D eigenvalue weighted by atomic mass is 32.1. The van der Waals surface area contributed by atoms with E-state index in [2.05, 4.69) is 21.6 Å². The van der Waals surface area contributed by atoms with E-state index in [1.807, 2.05) is 44.4 Å². The van der Waals surface area contributed by atoms with Gasteiger partial charge in [0.1, 0.15) is 5.75 Å². The molecule has 0 aliphatic carbocycles. The molecule has 2 aromatic carbocycles. The van der Waals surface area contributed by atoms with Gasteiger partial charge in [0, 0.05) is 23.4 Å². The quantitative estimate of drug-likeness (QED) is 0.574. The van der Waals surface area contributed by atoms with Gasteiger partial charge in [0.25, 0.3) is 0 Å². The third-order valence-electron chi connectivity index (χ3n) is 4.13. The van der Waals surface area contributed by atoms with Gasteiger partial charge in [0.05, 0.1) is 13.2 Å². The predicted octanol–water partition coefficient (Wildman–Crippen LogP) is 3.49. The summed E-state index contributed by atoms with van der Waals surface area (Å²) in [6.07, 6.45) is 0. The fraction of sp³-hybridized carbons (Fsp3) is 0.300. The van der Waals surface area contributed by atoms with Crippen LogP contribution < -0.4 is 15.4 Å². The number of benzene rings is 2. The van der Waals surface area contributed by atoms with Gasteiger partial charge in [0.2, 0.25) is 0 Å². The second-order valence-electron chi connectivity index (χ2n) is 6.19. The number of anilines is 1. The molecule has 0 unspecified atom stereocenters. The molecule has 2 N–H and O–H groups in total. The smallest absolute Gasteiger partial charge is 0.170 e. The van der Waals surface area contributed by atoms with Crippen molar-refractivity contribution in [1.82, 2.24) is 10.2 Å². The van der Waals surface area contributed by atoms with E-state index >= 15 is 0 Å². The van der Waals surface area contributed by atoms with Crippen LogP contribution in [0.15, 0.2) is 48.5 Å². The van der Waals surface area contributed by atoms with E-state index in [9.17, 15) is 4.79 Å². The summed E-state index contributed by atoms with van der Waals surface area (Å²) < 4.78 is 5.48. The fourth-order valence-corrected chi connectivity index (χ4v) is 2.87. The molecule has 2 aromatic rings. The Morgan fingerprint density at radius 1 is 1.15 bits per heavy atom. The largest absolute Gasteiger partial charge is 0.496 e. The lowest BCUT2D eigenvalue weighted by Gasteiger charge is -2.27. The number of methoxy groups -OCH3 is 1. The molecule has 0 aliphatic rings. The van der Waals surface area contributed by atoms with E-state index < -0.39 is 0 Å². The number of Topliss-reactive ketones (excluding diaryl/α,β-unsaturated/α-hetero) is 1. The van der Waals surface area contributed by atoms with Gasteiger partial charge < -0.3 is 20.3 Å². The number of thiocarbonyl (C=S) groups is 1. The van der Waals surface area contributed by atoms with Crippen molar-refractivity contribution in [3.8, 4) is 5.75 Å². The van der Waals surface area contributed by atoms with Crippen molar-refractivity contribution in [2.24, 2.45) is 0 Å². The summed E-state index contributed by atoms with van der Waals surface area (Å²) in [4.78, 5) is 13.5. The maximum absolute atomic E-state index is 11.3. The normalized spacial score (nSPS) is 11.7. The molecule has 0 spiro atoms. The third kappa shape index (κ3) is 5.28. The van der Waals surface area contributed by atoms with Gasteiger partial charge >= 0.3 is 0 Å². The standard InChI is InChI=1S/C20H25N3O2S/c1-14(24)15-9-11-16(12-10-15)22-20(26)21-13-18(23(2)3)17-7-5-6-8-19(17)25-4/h5-12,18H,13H2,1-4H3,(H2,21,22,26)/t18-/m1/s1. The van der Waals surface area contributed by atoms with Gasteiger partial charge in [-0.25, -0.2) is 0 Å². The maximum atomic E-state index is 11.3. The van der Waals surface area contributed by atoms with Crippen molar-refractivity contribution < 1.29 is 9.53 Å². The highest BCUT2D eigenvalue weighted by Gasteiger charge is 2.18. The van der Waals surface area contributed by atoms with E-state index in [-0.39, 0.29) is 11.8 Å². The van der Waals surface area contributed by atoms with Gasteiger partial charge in [-0.2, -0.15) is 0 Å². The fourth-order valence-electron chi connectivity index (χ4n) is 2.67. The molecule has 0 saturated carbocycles. The first-order valence-electron chi connectivity index (χ1n) is 8.37. The molecule has 0 aromatic heterocycles. The number of rotatable bonds is 7. The molecule has 0 aliphatic heterocycles. The molecule has 138 valence electrons. The van der Waals surface area contributed by atoms with E-state index in [0.717, 1.165) is 17.0 Å². The Morgan fingerprint density at radius 3 is 2.38 bits per heavy atom. The van der Waals surface area contributed by atoms with Crippen LogP contribution in [0.5, 0.6) is 5.75 Å².